The molecule has 4 heteroatoms. The molecule has 1 fully saturated rings. The molecule has 1 unspecified atom stereocenters. The van der Waals surface area contributed by atoms with Crippen LogP contribution in [-0.4, -0.2) is 41.6 Å². The number of alkyl halides is 1. The minimum Gasteiger partial charge on any atom is -0.393 e. The van der Waals surface area contributed by atoms with E-state index in [1.807, 2.05) is 13.1 Å². The van der Waals surface area contributed by atoms with Crippen molar-refractivity contribution in [2.24, 2.45) is 5.92 Å². The third kappa shape index (κ3) is 3.51. The van der Waals surface area contributed by atoms with E-state index in [1.165, 1.54) is 0 Å². The average molecular weight is 203 g/mol. The van der Waals surface area contributed by atoms with Gasteiger partial charge in [-0.1, -0.05) is 0 Å². The lowest BCUT2D eigenvalue weighted by molar-refractivity contribution is 0.0288. The van der Waals surface area contributed by atoms with Gasteiger partial charge < -0.3 is 10.0 Å². The van der Waals surface area contributed by atoms with Crippen LogP contribution in [0.15, 0.2) is 0 Å². The predicted molar refractivity (Wildman–Crippen MR) is 51.5 cm³/mol. The van der Waals surface area contributed by atoms with Gasteiger partial charge in [-0.25, -0.2) is 0 Å². The van der Waals surface area contributed by atoms with E-state index >= 15 is 0 Å². The van der Waals surface area contributed by atoms with Crippen LogP contribution in [0.5, 0.6) is 0 Å². The summed E-state index contributed by atoms with van der Waals surface area (Å²) in [4.78, 5) is 2.05. The molecule has 3 nitrogen and oxygen atoms in total. The molecule has 0 aromatic carbocycles. The van der Waals surface area contributed by atoms with Crippen LogP contribution in [0.4, 0.5) is 0 Å². The second-order valence-electron chi connectivity index (χ2n) is 3.81. The molecule has 74 valence electrons. The normalized spacial score (nSPS) is 29.5. The van der Waals surface area contributed by atoms with Gasteiger partial charge in [0.2, 0.25) is 0 Å². The molecule has 0 aromatic rings. The highest BCUT2D eigenvalue weighted by Crippen LogP contribution is 2.27. The first-order valence-corrected chi connectivity index (χ1v) is 4.95. The van der Waals surface area contributed by atoms with E-state index in [0.29, 0.717) is 12.5 Å². The SMILES string of the molecule is CN(CC(Cl)C#N)CC1CC(O)C1. The molecule has 0 aromatic heterocycles. The molecule has 1 aliphatic rings. The quantitative estimate of drug-likeness (QED) is 0.687. The topological polar surface area (TPSA) is 47.3 Å². The van der Waals surface area contributed by atoms with Crippen molar-refractivity contribution in [2.75, 3.05) is 20.1 Å². The first-order chi connectivity index (χ1) is 6.11. The summed E-state index contributed by atoms with van der Waals surface area (Å²) in [7, 11) is 1.96. The Bertz CT molecular complexity index is 198. The maximum Gasteiger partial charge on any atom is 0.133 e. The molecular weight excluding hydrogens is 188 g/mol. The van der Waals surface area contributed by atoms with Gasteiger partial charge >= 0.3 is 0 Å². The van der Waals surface area contributed by atoms with Gasteiger partial charge in [-0.15, -0.1) is 11.6 Å². The van der Waals surface area contributed by atoms with Gasteiger partial charge in [-0.2, -0.15) is 5.26 Å². The van der Waals surface area contributed by atoms with E-state index in [0.717, 1.165) is 19.4 Å². The summed E-state index contributed by atoms with van der Waals surface area (Å²) in [5.41, 5.74) is 0. The maximum absolute atomic E-state index is 9.06. The number of nitrogens with zero attached hydrogens (tertiary/aromatic N) is 2. The molecule has 0 aliphatic heterocycles. The number of nitriles is 1. The molecule has 0 spiro atoms. The number of hydrogen-bond acceptors (Lipinski definition) is 3. The van der Waals surface area contributed by atoms with Crippen molar-refractivity contribution in [1.29, 1.82) is 5.26 Å². The Hall–Kier alpha value is -0.300. The number of aliphatic hydroxyl groups is 1. The Kier molecular flexibility index (Phi) is 3.98. The molecule has 0 bridgehead atoms. The van der Waals surface area contributed by atoms with Crippen LogP contribution in [-0.2, 0) is 0 Å². The molecule has 1 aliphatic carbocycles. The van der Waals surface area contributed by atoms with Gasteiger partial charge in [0.1, 0.15) is 5.38 Å². The molecular formula is C9H15ClN2O. The smallest absolute Gasteiger partial charge is 0.133 e. The summed E-state index contributed by atoms with van der Waals surface area (Å²) in [6.07, 6.45) is 1.69. The Morgan fingerprint density at radius 2 is 2.31 bits per heavy atom. The van der Waals surface area contributed by atoms with E-state index in [-0.39, 0.29) is 6.10 Å². The molecule has 0 heterocycles. The zero-order valence-corrected chi connectivity index (χ0v) is 8.54. The largest absolute Gasteiger partial charge is 0.393 e. The Balaban J connectivity index is 2.11. The lowest BCUT2D eigenvalue weighted by Gasteiger charge is -2.34. The third-order valence-electron chi connectivity index (χ3n) is 2.39. The van der Waals surface area contributed by atoms with Crippen molar-refractivity contribution in [1.82, 2.24) is 4.90 Å². The first kappa shape index (κ1) is 10.8. The van der Waals surface area contributed by atoms with Crippen LogP contribution in [0, 0.1) is 17.2 Å². The van der Waals surface area contributed by atoms with Crippen molar-refractivity contribution in [3.63, 3.8) is 0 Å². The maximum atomic E-state index is 9.06. The highest BCUT2D eigenvalue weighted by molar-refractivity contribution is 6.22. The first-order valence-electron chi connectivity index (χ1n) is 4.52. The van der Waals surface area contributed by atoms with Crippen molar-refractivity contribution >= 4 is 11.6 Å². The molecule has 1 saturated carbocycles. The Morgan fingerprint density at radius 3 is 2.77 bits per heavy atom. The average Bonchev–Trinajstić information content (AvgIpc) is 2.01. The minimum atomic E-state index is -0.421. The van der Waals surface area contributed by atoms with Crippen LogP contribution >= 0.6 is 11.6 Å². The van der Waals surface area contributed by atoms with Crippen molar-refractivity contribution in [3.8, 4) is 6.07 Å². The summed E-state index contributed by atoms with van der Waals surface area (Å²) in [5, 5.41) is 17.1. The van der Waals surface area contributed by atoms with Gasteiger partial charge in [0.05, 0.1) is 12.2 Å². The van der Waals surface area contributed by atoms with E-state index < -0.39 is 5.38 Å². The summed E-state index contributed by atoms with van der Waals surface area (Å²) < 4.78 is 0. The lowest BCUT2D eigenvalue weighted by atomic mass is 9.82. The predicted octanol–water partition coefficient (Wildman–Crippen LogP) is 0.820. The number of hydrogen-bond donors (Lipinski definition) is 1. The van der Waals surface area contributed by atoms with Crippen molar-refractivity contribution in [2.45, 2.75) is 24.3 Å². The zero-order valence-electron chi connectivity index (χ0n) is 7.78. The Labute approximate surface area is 83.9 Å². The number of halogens is 1. The van der Waals surface area contributed by atoms with Gasteiger partial charge in [0.25, 0.3) is 0 Å². The zero-order chi connectivity index (χ0) is 9.84. The monoisotopic (exact) mass is 202 g/mol. The second kappa shape index (κ2) is 4.80. The molecule has 1 rings (SSSR count). The lowest BCUT2D eigenvalue weighted by Crippen LogP contribution is -2.38. The fraction of sp³-hybridized carbons (Fsp3) is 0.889. The molecule has 0 amide bonds. The summed E-state index contributed by atoms with van der Waals surface area (Å²) >= 11 is 5.68. The van der Waals surface area contributed by atoms with Gasteiger partial charge in [0, 0.05) is 13.1 Å². The number of aliphatic hydroxyl groups excluding tert-OH is 1. The van der Waals surface area contributed by atoms with Crippen molar-refractivity contribution < 1.29 is 5.11 Å². The third-order valence-corrected chi connectivity index (χ3v) is 2.63. The summed E-state index contributed by atoms with van der Waals surface area (Å²) in [5.74, 6) is 0.586. The molecule has 1 N–H and O–H groups in total. The standard InChI is InChI=1S/C9H15ClN2O/c1-12(6-8(10)4-11)5-7-2-9(13)3-7/h7-9,13H,2-3,5-6H2,1H3. The highest BCUT2D eigenvalue weighted by Gasteiger charge is 2.28. The molecule has 0 radical (unpaired) electrons. The van der Waals surface area contributed by atoms with E-state index in [2.05, 4.69) is 4.90 Å². The van der Waals surface area contributed by atoms with Gasteiger partial charge in [-0.3, -0.25) is 0 Å². The van der Waals surface area contributed by atoms with Crippen LogP contribution in [0.1, 0.15) is 12.8 Å². The van der Waals surface area contributed by atoms with Crippen LogP contribution in [0.2, 0.25) is 0 Å². The summed E-state index contributed by atoms with van der Waals surface area (Å²) in [6, 6.07) is 1.99. The molecule has 13 heavy (non-hydrogen) atoms. The molecule has 0 saturated heterocycles. The van der Waals surface area contributed by atoms with E-state index in [1.54, 1.807) is 0 Å². The van der Waals surface area contributed by atoms with Crippen LogP contribution < -0.4 is 0 Å². The molecule has 1 atom stereocenters. The second-order valence-corrected chi connectivity index (χ2v) is 4.34. The summed E-state index contributed by atoms with van der Waals surface area (Å²) in [6.45, 7) is 1.53. The number of rotatable bonds is 4. The Morgan fingerprint density at radius 1 is 1.69 bits per heavy atom. The van der Waals surface area contributed by atoms with Gasteiger partial charge in [-0.05, 0) is 25.8 Å². The fourth-order valence-corrected chi connectivity index (χ4v) is 1.91. The minimum absolute atomic E-state index is 0.0961. The van der Waals surface area contributed by atoms with Crippen LogP contribution in [0.25, 0.3) is 0 Å². The van der Waals surface area contributed by atoms with Crippen LogP contribution in [0.3, 0.4) is 0 Å². The van der Waals surface area contributed by atoms with E-state index in [4.69, 9.17) is 22.0 Å². The van der Waals surface area contributed by atoms with Crippen molar-refractivity contribution in [3.05, 3.63) is 0 Å². The van der Waals surface area contributed by atoms with E-state index in [9.17, 15) is 0 Å². The van der Waals surface area contributed by atoms with Gasteiger partial charge in [0.15, 0.2) is 0 Å². The highest BCUT2D eigenvalue weighted by atomic mass is 35.5. The fourth-order valence-electron chi connectivity index (χ4n) is 1.68.